The van der Waals surface area contributed by atoms with Crippen LogP contribution in [-0.2, 0) is 9.53 Å². The van der Waals surface area contributed by atoms with E-state index in [0.717, 1.165) is 19.6 Å². The minimum atomic E-state index is -1.01. The molecule has 2 amide bonds. The van der Waals surface area contributed by atoms with E-state index in [1.54, 1.807) is 11.8 Å². The van der Waals surface area contributed by atoms with Gasteiger partial charge in [-0.1, -0.05) is 6.92 Å². The molecule has 122 valence electrons. The molecule has 1 saturated heterocycles. The third-order valence-electron chi connectivity index (χ3n) is 3.37. The van der Waals surface area contributed by atoms with Crippen LogP contribution in [0.25, 0.3) is 0 Å². The summed E-state index contributed by atoms with van der Waals surface area (Å²) in [5.74, 6) is -0.320. The Morgan fingerprint density at radius 1 is 1.52 bits per heavy atom. The molecule has 0 saturated carbocycles. The van der Waals surface area contributed by atoms with Gasteiger partial charge in [-0.25, -0.2) is 9.59 Å². The summed E-state index contributed by atoms with van der Waals surface area (Å²) in [7, 11) is 0. The number of nitrogens with one attached hydrogen (secondary N) is 2. The molecule has 0 aliphatic carbocycles. The zero-order valence-electron chi connectivity index (χ0n) is 12.6. The van der Waals surface area contributed by atoms with Crippen LogP contribution in [0.2, 0.25) is 0 Å². The first-order valence-electron chi connectivity index (χ1n) is 7.16. The number of nitrogens with zero attached hydrogens (tertiary/aromatic N) is 1. The number of urea groups is 1. The van der Waals surface area contributed by atoms with Crippen molar-refractivity contribution in [2.75, 3.05) is 44.8 Å². The fourth-order valence-electron chi connectivity index (χ4n) is 2.10. The van der Waals surface area contributed by atoms with Gasteiger partial charge in [-0.3, -0.25) is 4.90 Å². The van der Waals surface area contributed by atoms with E-state index < -0.39 is 18.0 Å². The molecular weight excluding hydrogens is 294 g/mol. The Hall–Kier alpha value is -0.990. The third-order valence-corrected chi connectivity index (χ3v) is 4.02. The molecule has 7 nitrogen and oxygen atoms in total. The first-order valence-corrected chi connectivity index (χ1v) is 8.56. The highest BCUT2D eigenvalue weighted by Crippen LogP contribution is 2.04. The average Bonchev–Trinajstić information content (AvgIpc) is 2.49. The van der Waals surface area contributed by atoms with E-state index in [2.05, 4.69) is 22.5 Å². The Morgan fingerprint density at radius 3 is 2.90 bits per heavy atom. The molecule has 0 aromatic carbocycles. The number of carboxylic acids is 1. The number of aliphatic carboxylic acids is 1. The van der Waals surface area contributed by atoms with Crippen LogP contribution in [0.5, 0.6) is 0 Å². The summed E-state index contributed by atoms with van der Waals surface area (Å²) in [5, 5.41) is 14.2. The largest absolute Gasteiger partial charge is 0.480 e. The fourth-order valence-corrected chi connectivity index (χ4v) is 2.57. The number of carbonyl (C=O) groups is 2. The molecule has 0 spiro atoms. The van der Waals surface area contributed by atoms with Gasteiger partial charge in [0, 0.05) is 19.6 Å². The van der Waals surface area contributed by atoms with Crippen molar-refractivity contribution < 1.29 is 19.4 Å². The third kappa shape index (κ3) is 7.01. The van der Waals surface area contributed by atoms with Crippen molar-refractivity contribution in [3.63, 3.8) is 0 Å². The van der Waals surface area contributed by atoms with Crippen molar-refractivity contribution in [2.24, 2.45) is 0 Å². The molecule has 1 fully saturated rings. The van der Waals surface area contributed by atoms with Crippen molar-refractivity contribution in [1.29, 1.82) is 0 Å². The second-order valence-electron chi connectivity index (χ2n) is 4.91. The van der Waals surface area contributed by atoms with Gasteiger partial charge in [-0.2, -0.15) is 11.8 Å². The Labute approximate surface area is 129 Å². The molecule has 0 bridgehead atoms. The predicted molar refractivity (Wildman–Crippen MR) is 82.8 cm³/mol. The van der Waals surface area contributed by atoms with Crippen molar-refractivity contribution in [1.82, 2.24) is 15.5 Å². The highest BCUT2D eigenvalue weighted by atomic mass is 32.2. The lowest BCUT2D eigenvalue weighted by Gasteiger charge is -2.32. The Morgan fingerprint density at radius 2 is 2.29 bits per heavy atom. The van der Waals surface area contributed by atoms with E-state index in [0.29, 0.717) is 25.3 Å². The number of hydrogen-bond acceptors (Lipinski definition) is 5. The highest BCUT2D eigenvalue weighted by molar-refractivity contribution is 7.98. The molecular formula is C13H25N3O4S. The van der Waals surface area contributed by atoms with Gasteiger partial charge in [0.1, 0.15) is 6.04 Å². The molecule has 1 unspecified atom stereocenters. The van der Waals surface area contributed by atoms with E-state index in [-0.39, 0.29) is 6.10 Å². The second-order valence-corrected chi connectivity index (χ2v) is 5.90. The molecule has 1 rings (SSSR count). The van der Waals surface area contributed by atoms with Crippen molar-refractivity contribution >= 4 is 23.8 Å². The van der Waals surface area contributed by atoms with Gasteiger partial charge in [0.25, 0.3) is 0 Å². The van der Waals surface area contributed by atoms with Gasteiger partial charge in [0.05, 0.1) is 12.7 Å². The summed E-state index contributed by atoms with van der Waals surface area (Å²) in [6.07, 6.45) is 2.27. The lowest BCUT2D eigenvalue weighted by Crippen LogP contribution is -2.51. The zero-order chi connectivity index (χ0) is 15.7. The summed E-state index contributed by atoms with van der Waals surface area (Å²) < 4.78 is 5.57. The summed E-state index contributed by atoms with van der Waals surface area (Å²) in [5.41, 5.74) is 0. The topological polar surface area (TPSA) is 90.9 Å². The maximum absolute atomic E-state index is 11.8. The lowest BCUT2D eigenvalue weighted by molar-refractivity contribution is -0.139. The predicted octanol–water partition coefficient (Wildman–Crippen LogP) is 0.213. The standard InChI is InChI=1S/C13H25N3O4S/c1-3-16-5-6-20-10(9-16)8-14-13(19)15-11(12(17)18)4-7-21-2/h10-11H,3-9H2,1-2H3,(H,17,18)(H2,14,15,19)/t10?,11-/m0/s1. The Bertz CT molecular complexity index is 343. The minimum absolute atomic E-state index is 0.0427. The maximum atomic E-state index is 11.8. The van der Waals surface area contributed by atoms with Crippen LogP contribution in [0.4, 0.5) is 4.79 Å². The van der Waals surface area contributed by atoms with Gasteiger partial charge in [-0.15, -0.1) is 0 Å². The highest BCUT2D eigenvalue weighted by Gasteiger charge is 2.22. The zero-order valence-corrected chi connectivity index (χ0v) is 13.4. The smallest absolute Gasteiger partial charge is 0.326 e. The van der Waals surface area contributed by atoms with E-state index in [4.69, 9.17) is 9.84 Å². The van der Waals surface area contributed by atoms with Crippen LogP contribution in [-0.4, -0.2) is 78.9 Å². The SMILES string of the molecule is CCN1CCOC(CNC(=O)N[C@@H](CCSC)C(=O)O)C1. The van der Waals surface area contributed by atoms with Crippen molar-refractivity contribution in [2.45, 2.75) is 25.5 Å². The van der Waals surface area contributed by atoms with Crippen molar-refractivity contribution in [3.8, 4) is 0 Å². The van der Waals surface area contributed by atoms with Crippen LogP contribution < -0.4 is 10.6 Å². The maximum Gasteiger partial charge on any atom is 0.326 e. The van der Waals surface area contributed by atoms with Crippen molar-refractivity contribution in [3.05, 3.63) is 0 Å². The monoisotopic (exact) mass is 319 g/mol. The molecule has 1 heterocycles. The van der Waals surface area contributed by atoms with Gasteiger partial charge < -0.3 is 20.5 Å². The molecule has 0 radical (unpaired) electrons. The van der Waals surface area contributed by atoms with Gasteiger partial charge in [0.15, 0.2) is 0 Å². The lowest BCUT2D eigenvalue weighted by atomic mass is 10.2. The van der Waals surface area contributed by atoms with Gasteiger partial charge in [0.2, 0.25) is 0 Å². The number of morpholine rings is 1. The van der Waals surface area contributed by atoms with Crippen LogP contribution in [0.15, 0.2) is 0 Å². The Kier molecular flexibility index (Phi) is 8.48. The van der Waals surface area contributed by atoms with E-state index >= 15 is 0 Å². The number of likely N-dealkylation sites (N-methyl/N-ethyl adjacent to an activating group) is 1. The number of thioether (sulfide) groups is 1. The first kappa shape index (κ1) is 18.1. The fraction of sp³-hybridized carbons (Fsp3) is 0.846. The molecule has 21 heavy (non-hydrogen) atoms. The number of hydrogen-bond donors (Lipinski definition) is 3. The molecule has 3 N–H and O–H groups in total. The molecule has 0 aromatic heterocycles. The van der Waals surface area contributed by atoms with Crippen LogP contribution in [0, 0.1) is 0 Å². The van der Waals surface area contributed by atoms with E-state index in [1.807, 2.05) is 6.26 Å². The normalized spacial score (nSPS) is 20.8. The van der Waals surface area contributed by atoms with E-state index in [9.17, 15) is 9.59 Å². The second kappa shape index (κ2) is 9.86. The molecule has 1 aliphatic rings. The first-order chi connectivity index (χ1) is 10.1. The Balaban J connectivity index is 2.30. The number of carbonyl (C=O) groups excluding carboxylic acids is 1. The summed E-state index contributed by atoms with van der Waals surface area (Å²) in [4.78, 5) is 25.1. The summed E-state index contributed by atoms with van der Waals surface area (Å²) in [6.45, 7) is 5.79. The molecule has 2 atom stereocenters. The van der Waals surface area contributed by atoms with E-state index in [1.165, 1.54) is 0 Å². The average molecular weight is 319 g/mol. The summed E-state index contributed by atoms with van der Waals surface area (Å²) in [6, 6.07) is -1.31. The van der Waals surface area contributed by atoms with Gasteiger partial charge >= 0.3 is 12.0 Å². The number of carboxylic acid groups (broad SMARTS) is 1. The molecule has 8 heteroatoms. The van der Waals surface area contributed by atoms with Crippen LogP contribution in [0.3, 0.4) is 0 Å². The van der Waals surface area contributed by atoms with Gasteiger partial charge in [-0.05, 0) is 25.0 Å². The summed E-state index contributed by atoms with van der Waals surface area (Å²) >= 11 is 1.55. The minimum Gasteiger partial charge on any atom is -0.480 e. The molecule has 0 aromatic rings. The number of ether oxygens (including phenoxy) is 1. The number of amides is 2. The molecule has 1 aliphatic heterocycles. The number of rotatable bonds is 8. The van der Waals surface area contributed by atoms with Crippen LogP contribution >= 0.6 is 11.8 Å². The quantitative estimate of drug-likeness (QED) is 0.593. The van der Waals surface area contributed by atoms with Crippen LogP contribution in [0.1, 0.15) is 13.3 Å².